The third-order valence-corrected chi connectivity index (χ3v) is 4.98. The van der Waals surface area contributed by atoms with Gasteiger partial charge in [0.25, 0.3) is 0 Å². The number of hydrogen-bond donors (Lipinski definition) is 1. The molecule has 1 heterocycles. The van der Waals surface area contributed by atoms with E-state index in [0.717, 1.165) is 16.3 Å². The maximum Gasteiger partial charge on any atom is 0.144 e. The Balaban J connectivity index is 1.70. The maximum atomic E-state index is 12.3. The smallest absolute Gasteiger partial charge is 0.144 e. The lowest BCUT2D eigenvalue weighted by atomic mass is 10.0. The molecule has 1 aromatic carbocycles. The monoisotopic (exact) mass is 314 g/mol. The van der Waals surface area contributed by atoms with Crippen LogP contribution in [0.5, 0.6) is 0 Å². The van der Waals surface area contributed by atoms with Gasteiger partial charge in [-0.05, 0) is 37.0 Å². The number of benzene rings is 1. The van der Waals surface area contributed by atoms with Crippen molar-refractivity contribution in [2.45, 2.75) is 51.5 Å². The molecule has 1 aliphatic carbocycles. The minimum atomic E-state index is 0.230. The Morgan fingerprint density at radius 3 is 2.86 bits per heavy atom. The van der Waals surface area contributed by atoms with Crippen LogP contribution in [0, 0.1) is 6.92 Å². The van der Waals surface area contributed by atoms with E-state index in [0.29, 0.717) is 18.9 Å². The fourth-order valence-electron chi connectivity index (χ4n) is 3.05. The summed E-state index contributed by atoms with van der Waals surface area (Å²) in [6.07, 6.45) is 7.76. The molecule has 0 spiro atoms. The van der Waals surface area contributed by atoms with Gasteiger partial charge in [-0.3, -0.25) is 4.79 Å². The van der Waals surface area contributed by atoms with Gasteiger partial charge < -0.3 is 5.32 Å². The van der Waals surface area contributed by atoms with Crippen molar-refractivity contribution in [2.24, 2.45) is 0 Å². The summed E-state index contributed by atoms with van der Waals surface area (Å²) in [5, 5.41) is 6.47. The topological polar surface area (TPSA) is 42.0 Å². The van der Waals surface area contributed by atoms with Crippen LogP contribution < -0.4 is 5.32 Å². The molecule has 1 fully saturated rings. The molecule has 1 aliphatic rings. The molecular weight excluding hydrogens is 292 g/mol. The molecule has 1 N–H and O–H groups in total. The Bertz CT molecular complexity index is 631. The third kappa shape index (κ3) is 3.95. The lowest BCUT2D eigenvalue weighted by Gasteiger charge is -2.17. The van der Waals surface area contributed by atoms with E-state index in [1.165, 1.54) is 31.2 Å². The Hall–Kier alpha value is -1.68. The van der Waals surface area contributed by atoms with Gasteiger partial charge in [-0.1, -0.05) is 25.0 Å². The number of hydrogen-bond acceptors (Lipinski definition) is 4. The Morgan fingerprint density at radius 1 is 1.32 bits per heavy atom. The lowest BCUT2D eigenvalue weighted by Crippen LogP contribution is -2.17. The zero-order valence-electron chi connectivity index (χ0n) is 13.0. The van der Waals surface area contributed by atoms with E-state index in [1.807, 2.05) is 5.38 Å². The van der Waals surface area contributed by atoms with Gasteiger partial charge in [0.1, 0.15) is 5.78 Å². The lowest BCUT2D eigenvalue weighted by molar-refractivity contribution is -0.117. The highest BCUT2D eigenvalue weighted by atomic mass is 32.1. The molecule has 0 radical (unpaired) electrons. The van der Waals surface area contributed by atoms with Crippen LogP contribution in [0.1, 0.15) is 41.8 Å². The zero-order chi connectivity index (χ0) is 15.4. The number of thiazole rings is 1. The summed E-state index contributed by atoms with van der Waals surface area (Å²) in [7, 11) is 0. The predicted molar refractivity (Wildman–Crippen MR) is 91.6 cm³/mol. The van der Waals surface area contributed by atoms with Crippen LogP contribution in [0.4, 0.5) is 5.69 Å². The van der Waals surface area contributed by atoms with Crippen molar-refractivity contribution in [3.63, 3.8) is 0 Å². The quantitative estimate of drug-likeness (QED) is 0.870. The number of aromatic nitrogens is 1. The first-order valence-corrected chi connectivity index (χ1v) is 8.85. The van der Waals surface area contributed by atoms with Crippen molar-refractivity contribution in [1.82, 2.24) is 4.98 Å². The van der Waals surface area contributed by atoms with Crippen molar-refractivity contribution < 1.29 is 4.79 Å². The molecule has 4 heteroatoms. The van der Waals surface area contributed by atoms with Gasteiger partial charge in [-0.15, -0.1) is 11.3 Å². The number of carbonyl (C=O) groups excluding carboxylic acids is 1. The molecule has 0 bridgehead atoms. The fraction of sp³-hybridized carbons (Fsp3) is 0.444. The van der Waals surface area contributed by atoms with E-state index >= 15 is 0 Å². The van der Waals surface area contributed by atoms with Crippen LogP contribution >= 0.6 is 11.3 Å². The first-order chi connectivity index (χ1) is 10.7. The Kier molecular flexibility index (Phi) is 4.88. The van der Waals surface area contributed by atoms with Gasteiger partial charge in [0.2, 0.25) is 0 Å². The summed E-state index contributed by atoms with van der Waals surface area (Å²) >= 11 is 1.55. The number of Topliss-reactive ketones (excluding diaryl/α,β-unsaturated/α-hetero) is 1. The fourth-order valence-corrected chi connectivity index (χ4v) is 3.70. The summed E-state index contributed by atoms with van der Waals surface area (Å²) in [5.41, 5.74) is 3.48. The van der Waals surface area contributed by atoms with Gasteiger partial charge in [0.05, 0.1) is 11.4 Å². The number of nitrogens with one attached hydrogen (secondary N) is 1. The van der Waals surface area contributed by atoms with Crippen LogP contribution in [0.3, 0.4) is 0 Å². The minimum absolute atomic E-state index is 0.230. The summed E-state index contributed by atoms with van der Waals surface area (Å²) in [5.74, 6) is 0.230. The summed E-state index contributed by atoms with van der Waals surface area (Å²) < 4.78 is 0. The van der Waals surface area contributed by atoms with E-state index in [9.17, 15) is 4.79 Å². The number of ketones is 1. The third-order valence-electron chi connectivity index (χ3n) is 4.20. The average molecular weight is 314 g/mol. The molecular formula is C18H22N2OS. The molecule has 1 aromatic heterocycles. The number of nitrogens with zero attached hydrogens (tertiary/aromatic N) is 1. The van der Waals surface area contributed by atoms with Gasteiger partial charge in [-0.25, -0.2) is 4.98 Å². The van der Waals surface area contributed by atoms with Crippen molar-refractivity contribution in [1.29, 1.82) is 0 Å². The van der Waals surface area contributed by atoms with Crippen molar-refractivity contribution in [3.8, 4) is 0 Å². The van der Waals surface area contributed by atoms with Crippen molar-refractivity contribution in [3.05, 3.63) is 45.9 Å². The molecule has 0 saturated heterocycles. The predicted octanol–water partition coefficient (Wildman–Crippen LogP) is 4.16. The number of carbonyl (C=O) groups is 1. The van der Waals surface area contributed by atoms with E-state index in [-0.39, 0.29) is 5.78 Å². The molecule has 22 heavy (non-hydrogen) atoms. The van der Waals surface area contributed by atoms with E-state index < -0.39 is 0 Å². The van der Waals surface area contributed by atoms with Crippen molar-refractivity contribution >= 4 is 22.8 Å². The number of anilines is 1. The van der Waals surface area contributed by atoms with E-state index in [2.05, 4.69) is 35.4 Å². The van der Waals surface area contributed by atoms with E-state index in [1.54, 1.807) is 17.5 Å². The second kappa shape index (κ2) is 7.05. The summed E-state index contributed by atoms with van der Waals surface area (Å²) in [4.78, 5) is 16.5. The van der Waals surface area contributed by atoms with Crippen LogP contribution in [-0.4, -0.2) is 16.8 Å². The molecule has 1 saturated carbocycles. The Labute approximate surface area is 135 Å². The minimum Gasteiger partial charge on any atom is -0.382 e. The highest BCUT2D eigenvalue weighted by molar-refractivity contribution is 7.09. The zero-order valence-corrected chi connectivity index (χ0v) is 13.8. The number of aryl methyl sites for hydroxylation is 1. The molecule has 3 rings (SSSR count). The molecule has 3 nitrogen and oxygen atoms in total. The molecule has 116 valence electrons. The first-order valence-electron chi connectivity index (χ1n) is 7.97. The molecule has 0 atom stereocenters. The van der Waals surface area contributed by atoms with Gasteiger partial charge >= 0.3 is 0 Å². The summed E-state index contributed by atoms with van der Waals surface area (Å²) in [6.45, 7) is 2.10. The maximum absolute atomic E-state index is 12.3. The van der Waals surface area contributed by atoms with Crippen LogP contribution in [-0.2, 0) is 17.6 Å². The summed E-state index contributed by atoms with van der Waals surface area (Å²) in [6, 6.07) is 6.91. The van der Waals surface area contributed by atoms with Crippen LogP contribution in [0.2, 0.25) is 0 Å². The van der Waals surface area contributed by atoms with Gasteiger partial charge in [0, 0.05) is 29.7 Å². The second-order valence-corrected chi connectivity index (χ2v) is 7.08. The van der Waals surface area contributed by atoms with Gasteiger partial charge in [0.15, 0.2) is 0 Å². The largest absolute Gasteiger partial charge is 0.382 e. The molecule has 0 unspecified atom stereocenters. The van der Waals surface area contributed by atoms with Gasteiger partial charge in [-0.2, -0.15) is 0 Å². The standard InChI is InChI=1S/C18H22N2OS/c1-13-6-7-14(11-16(21)12-18-19-8-9-22-18)17(10-13)20-15-4-2-3-5-15/h6-10,15,20H,2-5,11-12H2,1H3. The Morgan fingerprint density at radius 2 is 2.14 bits per heavy atom. The second-order valence-electron chi connectivity index (χ2n) is 6.10. The highest BCUT2D eigenvalue weighted by Crippen LogP contribution is 2.26. The molecule has 0 amide bonds. The first kappa shape index (κ1) is 15.2. The normalized spacial score (nSPS) is 15.1. The number of rotatable bonds is 6. The average Bonchev–Trinajstić information content (AvgIpc) is 3.15. The van der Waals surface area contributed by atoms with Crippen LogP contribution in [0.15, 0.2) is 29.8 Å². The van der Waals surface area contributed by atoms with Crippen molar-refractivity contribution in [2.75, 3.05) is 5.32 Å². The SMILES string of the molecule is Cc1ccc(CC(=O)Cc2nccs2)c(NC2CCCC2)c1. The van der Waals surface area contributed by atoms with Crippen LogP contribution in [0.25, 0.3) is 0 Å². The molecule has 0 aliphatic heterocycles. The van der Waals surface area contributed by atoms with E-state index in [4.69, 9.17) is 0 Å². The highest BCUT2D eigenvalue weighted by Gasteiger charge is 2.17. The molecule has 2 aromatic rings.